The Labute approximate surface area is 130 Å². The van der Waals surface area contributed by atoms with E-state index in [1.807, 2.05) is 48.5 Å². The lowest BCUT2D eigenvalue weighted by Crippen LogP contribution is -2.28. The molecule has 0 aromatic heterocycles. The molecule has 1 aliphatic rings. The molecule has 0 radical (unpaired) electrons. The van der Waals surface area contributed by atoms with E-state index in [2.05, 4.69) is 17.4 Å². The minimum atomic E-state index is -0.177. The van der Waals surface area contributed by atoms with Gasteiger partial charge >= 0.3 is 0 Å². The van der Waals surface area contributed by atoms with Crippen molar-refractivity contribution in [1.29, 1.82) is 0 Å². The average molecular weight is 300 g/mol. The molecule has 2 nitrogen and oxygen atoms in total. The number of rotatable bonds is 5. The quantitative estimate of drug-likeness (QED) is 0.834. The Morgan fingerprint density at radius 2 is 1.71 bits per heavy atom. The minimum Gasteiger partial charge on any atom is -0.354 e. The topological polar surface area (TPSA) is 29.1 Å². The molecule has 3 unspecified atom stereocenters. The van der Waals surface area contributed by atoms with Crippen molar-refractivity contribution in [1.82, 2.24) is 5.32 Å². The van der Waals surface area contributed by atoms with Crippen molar-refractivity contribution < 1.29 is 4.79 Å². The molecule has 1 fully saturated rings. The lowest BCUT2D eigenvalue weighted by Gasteiger charge is -2.11. The SMILES string of the molecule is O=C(NCC(Cl)c1ccccc1)C1CC1c1ccccc1. The predicted molar refractivity (Wildman–Crippen MR) is 85.3 cm³/mol. The van der Waals surface area contributed by atoms with E-state index in [-0.39, 0.29) is 17.2 Å². The third kappa shape index (κ3) is 3.45. The van der Waals surface area contributed by atoms with Gasteiger partial charge in [0.2, 0.25) is 5.91 Å². The number of amides is 1. The maximum absolute atomic E-state index is 12.2. The maximum atomic E-state index is 12.2. The molecule has 0 spiro atoms. The van der Waals surface area contributed by atoms with Crippen LogP contribution in [-0.4, -0.2) is 12.5 Å². The highest BCUT2D eigenvalue weighted by Crippen LogP contribution is 2.47. The Kier molecular flexibility index (Phi) is 4.26. The van der Waals surface area contributed by atoms with Gasteiger partial charge in [-0.25, -0.2) is 0 Å². The number of nitrogens with one attached hydrogen (secondary N) is 1. The van der Waals surface area contributed by atoms with E-state index in [1.54, 1.807) is 0 Å². The third-order valence-electron chi connectivity index (χ3n) is 3.97. The van der Waals surface area contributed by atoms with Crippen molar-refractivity contribution >= 4 is 17.5 Å². The zero-order valence-electron chi connectivity index (χ0n) is 11.7. The van der Waals surface area contributed by atoms with Crippen molar-refractivity contribution in [3.8, 4) is 0 Å². The number of halogens is 1. The van der Waals surface area contributed by atoms with Crippen molar-refractivity contribution in [3.05, 3.63) is 71.8 Å². The molecule has 2 aromatic rings. The van der Waals surface area contributed by atoms with Crippen molar-refractivity contribution in [2.75, 3.05) is 6.54 Å². The van der Waals surface area contributed by atoms with E-state index in [1.165, 1.54) is 5.56 Å². The van der Waals surface area contributed by atoms with E-state index >= 15 is 0 Å². The lowest BCUT2D eigenvalue weighted by atomic mass is 10.1. The first-order valence-corrected chi connectivity index (χ1v) is 7.71. The van der Waals surface area contributed by atoms with Crippen LogP contribution in [0.2, 0.25) is 0 Å². The Morgan fingerprint density at radius 1 is 1.10 bits per heavy atom. The van der Waals surface area contributed by atoms with Gasteiger partial charge in [0, 0.05) is 12.5 Å². The molecular weight excluding hydrogens is 282 g/mol. The van der Waals surface area contributed by atoms with Crippen LogP contribution in [0, 0.1) is 5.92 Å². The van der Waals surface area contributed by atoms with Gasteiger partial charge < -0.3 is 5.32 Å². The average Bonchev–Trinajstić information content (AvgIpc) is 3.35. The number of hydrogen-bond acceptors (Lipinski definition) is 1. The van der Waals surface area contributed by atoms with E-state index in [0.29, 0.717) is 12.5 Å². The fourth-order valence-electron chi connectivity index (χ4n) is 2.65. The summed E-state index contributed by atoms with van der Waals surface area (Å²) < 4.78 is 0. The molecule has 0 bridgehead atoms. The highest BCUT2D eigenvalue weighted by molar-refractivity contribution is 6.21. The molecular formula is C18H18ClNO. The van der Waals surface area contributed by atoms with Gasteiger partial charge in [0.1, 0.15) is 0 Å². The highest BCUT2D eigenvalue weighted by Gasteiger charge is 2.43. The molecule has 0 aliphatic heterocycles. The Hall–Kier alpha value is -1.80. The summed E-state index contributed by atoms with van der Waals surface area (Å²) >= 11 is 6.31. The molecule has 1 amide bonds. The van der Waals surface area contributed by atoms with Crippen LogP contribution < -0.4 is 5.32 Å². The number of carbonyl (C=O) groups is 1. The number of hydrogen-bond donors (Lipinski definition) is 1. The first kappa shape index (κ1) is 14.2. The second-order valence-corrected chi connectivity index (χ2v) is 6.01. The van der Waals surface area contributed by atoms with Gasteiger partial charge in [0.25, 0.3) is 0 Å². The number of alkyl halides is 1. The van der Waals surface area contributed by atoms with Crippen LogP contribution in [0.25, 0.3) is 0 Å². The molecule has 108 valence electrons. The molecule has 3 atom stereocenters. The second-order valence-electron chi connectivity index (χ2n) is 5.48. The minimum absolute atomic E-state index is 0.104. The molecule has 2 aromatic carbocycles. The summed E-state index contributed by atoms with van der Waals surface area (Å²) in [5.41, 5.74) is 2.29. The van der Waals surface area contributed by atoms with E-state index in [4.69, 9.17) is 11.6 Å². The zero-order chi connectivity index (χ0) is 14.7. The molecule has 21 heavy (non-hydrogen) atoms. The summed E-state index contributed by atoms with van der Waals surface area (Å²) in [7, 11) is 0. The normalized spacial score (nSPS) is 21.6. The molecule has 1 saturated carbocycles. The van der Waals surface area contributed by atoms with Crippen LogP contribution in [-0.2, 0) is 4.79 Å². The van der Waals surface area contributed by atoms with Gasteiger partial charge in [0.05, 0.1) is 5.38 Å². The number of benzene rings is 2. The molecule has 0 saturated heterocycles. The van der Waals surface area contributed by atoms with Crippen molar-refractivity contribution in [2.24, 2.45) is 5.92 Å². The predicted octanol–water partition coefficient (Wildman–Crippen LogP) is 3.89. The summed E-state index contributed by atoms with van der Waals surface area (Å²) in [6, 6.07) is 20.1. The Balaban J connectivity index is 1.50. The fourth-order valence-corrected chi connectivity index (χ4v) is 2.88. The van der Waals surface area contributed by atoms with Gasteiger partial charge in [-0.3, -0.25) is 4.79 Å². The first-order valence-electron chi connectivity index (χ1n) is 7.27. The molecule has 3 rings (SSSR count). The summed E-state index contributed by atoms with van der Waals surface area (Å²) in [6.07, 6.45) is 0.939. The van der Waals surface area contributed by atoms with Gasteiger partial charge in [-0.2, -0.15) is 0 Å². The van der Waals surface area contributed by atoms with Crippen LogP contribution in [0.4, 0.5) is 0 Å². The van der Waals surface area contributed by atoms with E-state index < -0.39 is 0 Å². The maximum Gasteiger partial charge on any atom is 0.223 e. The first-order chi connectivity index (χ1) is 10.3. The largest absolute Gasteiger partial charge is 0.354 e. The second kappa shape index (κ2) is 6.31. The summed E-state index contributed by atoms with van der Waals surface area (Å²) in [6.45, 7) is 0.475. The van der Waals surface area contributed by atoms with E-state index in [9.17, 15) is 4.79 Å². The fraction of sp³-hybridized carbons (Fsp3) is 0.278. The van der Waals surface area contributed by atoms with Crippen LogP contribution in [0.15, 0.2) is 60.7 Å². The van der Waals surface area contributed by atoms with Gasteiger partial charge in [0.15, 0.2) is 0 Å². The van der Waals surface area contributed by atoms with Gasteiger partial charge in [-0.15, -0.1) is 11.6 Å². The zero-order valence-corrected chi connectivity index (χ0v) is 12.5. The monoisotopic (exact) mass is 299 g/mol. The highest BCUT2D eigenvalue weighted by atomic mass is 35.5. The molecule has 1 aliphatic carbocycles. The summed E-state index contributed by atoms with van der Waals surface area (Å²) in [5, 5.41) is 2.79. The van der Waals surface area contributed by atoms with Crippen LogP contribution >= 0.6 is 11.6 Å². The summed E-state index contributed by atoms with van der Waals surface area (Å²) in [5.74, 6) is 0.592. The Bertz CT molecular complexity index is 599. The van der Waals surface area contributed by atoms with Gasteiger partial charge in [-0.1, -0.05) is 60.7 Å². The standard InChI is InChI=1S/C18H18ClNO/c19-17(14-9-5-2-6-10-14)12-20-18(21)16-11-15(16)13-7-3-1-4-8-13/h1-10,15-17H,11-12H2,(H,20,21). The Morgan fingerprint density at radius 3 is 2.38 bits per heavy atom. The molecule has 0 heterocycles. The van der Waals surface area contributed by atoms with Crippen LogP contribution in [0.5, 0.6) is 0 Å². The molecule has 1 N–H and O–H groups in total. The van der Waals surface area contributed by atoms with Gasteiger partial charge in [-0.05, 0) is 23.5 Å². The third-order valence-corrected chi connectivity index (χ3v) is 4.38. The smallest absolute Gasteiger partial charge is 0.223 e. The summed E-state index contributed by atoms with van der Waals surface area (Å²) in [4.78, 5) is 12.2. The lowest BCUT2D eigenvalue weighted by molar-refractivity contribution is -0.122. The number of carbonyl (C=O) groups excluding carboxylic acids is 1. The van der Waals surface area contributed by atoms with Crippen molar-refractivity contribution in [3.63, 3.8) is 0 Å². The van der Waals surface area contributed by atoms with Crippen LogP contribution in [0.3, 0.4) is 0 Å². The molecule has 3 heteroatoms. The van der Waals surface area contributed by atoms with E-state index in [0.717, 1.165) is 12.0 Å². The van der Waals surface area contributed by atoms with Crippen LogP contribution in [0.1, 0.15) is 28.8 Å². The van der Waals surface area contributed by atoms with Crippen molar-refractivity contribution in [2.45, 2.75) is 17.7 Å².